The minimum absolute atomic E-state index is 0.146. The van der Waals surface area contributed by atoms with E-state index in [4.69, 9.17) is 5.11 Å². The van der Waals surface area contributed by atoms with Crippen LogP contribution >= 0.6 is 0 Å². The molecule has 1 aromatic heterocycles. The van der Waals surface area contributed by atoms with Crippen molar-refractivity contribution in [3.63, 3.8) is 0 Å². The number of aliphatic hydroxyl groups excluding tert-OH is 1. The van der Waals surface area contributed by atoms with Crippen molar-refractivity contribution in [3.8, 4) is 0 Å². The maximum Gasteiger partial charge on any atom is 0.0849 e. The first-order chi connectivity index (χ1) is 9.81. The molecule has 0 spiro atoms. The molecule has 5 heteroatoms. The number of hydrogen-bond donors (Lipinski definition) is 1. The van der Waals surface area contributed by atoms with E-state index < -0.39 is 0 Å². The van der Waals surface area contributed by atoms with Gasteiger partial charge in [-0.25, -0.2) is 0 Å². The van der Waals surface area contributed by atoms with Gasteiger partial charge in [0.25, 0.3) is 0 Å². The Morgan fingerprint density at radius 1 is 1.40 bits per heavy atom. The molecule has 5 nitrogen and oxygen atoms in total. The van der Waals surface area contributed by atoms with E-state index >= 15 is 0 Å². The zero-order valence-corrected chi connectivity index (χ0v) is 12.7. The molecule has 1 aliphatic rings. The van der Waals surface area contributed by atoms with E-state index in [2.05, 4.69) is 22.1 Å². The topological polar surface area (TPSA) is 54.2 Å². The average Bonchev–Trinajstić information content (AvgIpc) is 2.87. The standard InChI is InChI=1S/C15H28N4O/c1-2-3-4-8-18-9-5-6-14(11-18)12-19-13-15(7-10-20)16-17-19/h13-14,20H,2-12H2,1H3. The van der Waals surface area contributed by atoms with Gasteiger partial charge in [-0.15, -0.1) is 5.10 Å². The molecule has 1 N–H and O–H groups in total. The lowest BCUT2D eigenvalue weighted by Gasteiger charge is -2.32. The number of rotatable bonds is 8. The quantitative estimate of drug-likeness (QED) is 0.737. The van der Waals surface area contributed by atoms with Crippen LogP contribution in [0.5, 0.6) is 0 Å². The van der Waals surface area contributed by atoms with E-state index in [1.54, 1.807) is 0 Å². The van der Waals surface area contributed by atoms with Crippen LogP contribution in [-0.4, -0.2) is 51.2 Å². The summed E-state index contributed by atoms with van der Waals surface area (Å²) in [7, 11) is 0. The van der Waals surface area contributed by atoms with Gasteiger partial charge in [-0.3, -0.25) is 4.68 Å². The van der Waals surface area contributed by atoms with Gasteiger partial charge in [-0.2, -0.15) is 0 Å². The van der Waals surface area contributed by atoms with Crippen LogP contribution in [0.1, 0.15) is 44.7 Å². The van der Waals surface area contributed by atoms with Crippen LogP contribution in [0.3, 0.4) is 0 Å². The number of nitrogens with zero attached hydrogens (tertiary/aromatic N) is 4. The van der Waals surface area contributed by atoms with E-state index in [0.29, 0.717) is 12.3 Å². The normalized spacial score (nSPS) is 20.4. The molecule has 0 amide bonds. The Kier molecular flexibility index (Phi) is 6.47. The Balaban J connectivity index is 1.76. The monoisotopic (exact) mass is 280 g/mol. The van der Waals surface area contributed by atoms with Crippen LogP contribution in [0.25, 0.3) is 0 Å². The van der Waals surface area contributed by atoms with Crippen molar-refractivity contribution in [2.75, 3.05) is 26.2 Å². The molecule has 2 heterocycles. The third-order valence-electron chi connectivity index (χ3n) is 4.08. The summed E-state index contributed by atoms with van der Waals surface area (Å²) in [6, 6.07) is 0. The summed E-state index contributed by atoms with van der Waals surface area (Å²) in [5.41, 5.74) is 0.892. The summed E-state index contributed by atoms with van der Waals surface area (Å²) < 4.78 is 1.95. The molecular formula is C15H28N4O. The second kappa shape index (κ2) is 8.37. The molecule has 0 aromatic carbocycles. The second-order valence-electron chi connectivity index (χ2n) is 5.92. The summed E-state index contributed by atoms with van der Waals surface area (Å²) in [6.07, 6.45) is 9.14. The lowest BCUT2D eigenvalue weighted by Crippen LogP contribution is -2.37. The van der Waals surface area contributed by atoms with Crippen molar-refractivity contribution in [2.45, 2.75) is 52.0 Å². The van der Waals surface area contributed by atoms with Crippen molar-refractivity contribution < 1.29 is 5.11 Å². The van der Waals surface area contributed by atoms with Crippen LogP contribution in [0.15, 0.2) is 6.20 Å². The van der Waals surface area contributed by atoms with Crippen LogP contribution in [0.2, 0.25) is 0 Å². The summed E-state index contributed by atoms with van der Waals surface area (Å²) in [5.74, 6) is 0.689. The molecule has 1 aliphatic heterocycles. The Hall–Kier alpha value is -0.940. The summed E-state index contributed by atoms with van der Waals surface area (Å²) in [6.45, 7) is 7.06. The SMILES string of the molecule is CCCCCN1CCCC(Cn2cc(CCO)nn2)C1. The average molecular weight is 280 g/mol. The third-order valence-corrected chi connectivity index (χ3v) is 4.08. The van der Waals surface area contributed by atoms with Gasteiger partial charge < -0.3 is 10.0 Å². The maximum absolute atomic E-state index is 8.90. The second-order valence-corrected chi connectivity index (χ2v) is 5.92. The van der Waals surface area contributed by atoms with Crippen molar-refractivity contribution in [2.24, 2.45) is 5.92 Å². The fraction of sp³-hybridized carbons (Fsp3) is 0.867. The molecule has 114 valence electrons. The van der Waals surface area contributed by atoms with E-state index in [0.717, 1.165) is 12.2 Å². The lowest BCUT2D eigenvalue weighted by atomic mass is 9.98. The Bertz CT molecular complexity index is 380. The molecule has 0 saturated carbocycles. The number of hydrogen-bond acceptors (Lipinski definition) is 4. The maximum atomic E-state index is 8.90. The van der Waals surface area contributed by atoms with Gasteiger partial charge in [0, 0.05) is 32.3 Å². The molecule has 1 saturated heterocycles. The third kappa shape index (κ3) is 4.87. The number of aliphatic hydroxyl groups is 1. The first-order valence-electron chi connectivity index (χ1n) is 8.04. The molecule has 20 heavy (non-hydrogen) atoms. The Morgan fingerprint density at radius 3 is 3.10 bits per heavy atom. The number of unbranched alkanes of at least 4 members (excludes halogenated alkanes) is 2. The number of aromatic nitrogens is 3. The van der Waals surface area contributed by atoms with Gasteiger partial charge in [0.1, 0.15) is 0 Å². The van der Waals surface area contributed by atoms with E-state index in [1.165, 1.54) is 51.7 Å². The highest BCUT2D eigenvalue weighted by molar-refractivity contribution is 4.92. The van der Waals surface area contributed by atoms with Gasteiger partial charge in [0.05, 0.1) is 5.69 Å². The van der Waals surface area contributed by atoms with Crippen LogP contribution in [0, 0.1) is 5.92 Å². The molecule has 1 atom stereocenters. The van der Waals surface area contributed by atoms with Crippen molar-refractivity contribution in [1.29, 1.82) is 0 Å². The molecule has 1 unspecified atom stereocenters. The largest absolute Gasteiger partial charge is 0.396 e. The van der Waals surface area contributed by atoms with E-state index in [9.17, 15) is 0 Å². The van der Waals surface area contributed by atoms with Gasteiger partial charge >= 0.3 is 0 Å². The minimum Gasteiger partial charge on any atom is -0.396 e. The molecular weight excluding hydrogens is 252 g/mol. The predicted octanol–water partition coefficient (Wildman–Crippen LogP) is 1.72. The molecule has 0 bridgehead atoms. The molecule has 2 rings (SSSR count). The van der Waals surface area contributed by atoms with Crippen molar-refractivity contribution in [1.82, 2.24) is 19.9 Å². The zero-order chi connectivity index (χ0) is 14.2. The fourth-order valence-electron chi connectivity index (χ4n) is 3.01. The predicted molar refractivity (Wildman–Crippen MR) is 79.5 cm³/mol. The molecule has 1 fully saturated rings. The smallest absolute Gasteiger partial charge is 0.0849 e. The fourth-order valence-corrected chi connectivity index (χ4v) is 3.01. The first kappa shape index (κ1) is 15.4. The van der Waals surface area contributed by atoms with Crippen molar-refractivity contribution in [3.05, 3.63) is 11.9 Å². The van der Waals surface area contributed by atoms with E-state index in [-0.39, 0.29) is 6.61 Å². The summed E-state index contributed by atoms with van der Waals surface area (Å²) >= 11 is 0. The zero-order valence-electron chi connectivity index (χ0n) is 12.7. The minimum atomic E-state index is 0.146. The van der Waals surface area contributed by atoms with Crippen molar-refractivity contribution >= 4 is 0 Å². The highest BCUT2D eigenvalue weighted by Crippen LogP contribution is 2.18. The van der Waals surface area contributed by atoms with Gasteiger partial charge in [0.2, 0.25) is 0 Å². The highest BCUT2D eigenvalue weighted by atomic mass is 16.3. The van der Waals surface area contributed by atoms with E-state index in [1.807, 2.05) is 10.9 Å². The van der Waals surface area contributed by atoms with Gasteiger partial charge in [-0.1, -0.05) is 25.0 Å². The van der Waals surface area contributed by atoms with Crippen LogP contribution in [0.4, 0.5) is 0 Å². The lowest BCUT2D eigenvalue weighted by molar-refractivity contribution is 0.157. The number of piperidine rings is 1. The first-order valence-corrected chi connectivity index (χ1v) is 8.04. The molecule has 1 aromatic rings. The summed E-state index contributed by atoms with van der Waals surface area (Å²) in [4.78, 5) is 2.61. The van der Waals surface area contributed by atoms with Crippen LogP contribution < -0.4 is 0 Å². The molecule has 0 aliphatic carbocycles. The summed E-state index contributed by atoms with van der Waals surface area (Å²) in [5, 5.41) is 17.2. The van der Waals surface area contributed by atoms with Gasteiger partial charge in [0.15, 0.2) is 0 Å². The molecule has 0 radical (unpaired) electrons. The highest BCUT2D eigenvalue weighted by Gasteiger charge is 2.20. The van der Waals surface area contributed by atoms with Gasteiger partial charge in [-0.05, 0) is 38.3 Å². The van der Waals surface area contributed by atoms with Crippen LogP contribution in [-0.2, 0) is 13.0 Å². The number of likely N-dealkylation sites (tertiary alicyclic amines) is 1. The Morgan fingerprint density at radius 2 is 2.30 bits per heavy atom. The Labute approximate surface area is 122 Å².